The molecule has 1 aliphatic heterocycles. The van der Waals surface area contributed by atoms with E-state index in [1.807, 2.05) is 6.07 Å². The zero-order valence-electron chi connectivity index (χ0n) is 16.2. The SMILES string of the molecule is CN=C(NCc1cc(C(C)C)no1)NCC1CN(CC(C)C)CCO1. The van der Waals surface area contributed by atoms with Gasteiger partial charge in [-0.2, -0.15) is 0 Å². The molecular formula is C18H33N5O2. The zero-order chi connectivity index (χ0) is 18.2. The van der Waals surface area contributed by atoms with Crippen molar-refractivity contribution in [3.8, 4) is 0 Å². The molecule has 0 spiro atoms. The van der Waals surface area contributed by atoms with Crippen LogP contribution in [0.3, 0.4) is 0 Å². The summed E-state index contributed by atoms with van der Waals surface area (Å²) in [6.45, 7) is 13.9. The van der Waals surface area contributed by atoms with Gasteiger partial charge in [-0.05, 0) is 11.8 Å². The van der Waals surface area contributed by atoms with Gasteiger partial charge in [-0.1, -0.05) is 32.9 Å². The second kappa shape index (κ2) is 9.77. The molecule has 2 N–H and O–H groups in total. The molecule has 1 aromatic heterocycles. The number of nitrogens with zero attached hydrogens (tertiary/aromatic N) is 3. The molecule has 142 valence electrons. The lowest BCUT2D eigenvalue weighted by Crippen LogP contribution is -2.50. The highest BCUT2D eigenvalue weighted by atomic mass is 16.5. The molecule has 0 saturated carbocycles. The van der Waals surface area contributed by atoms with E-state index in [1.165, 1.54) is 0 Å². The smallest absolute Gasteiger partial charge is 0.191 e. The Bertz CT molecular complexity index is 541. The lowest BCUT2D eigenvalue weighted by molar-refractivity contribution is -0.0284. The molecule has 1 aliphatic rings. The second-order valence-electron chi connectivity index (χ2n) is 7.33. The number of ether oxygens (including phenoxy) is 1. The number of guanidine groups is 1. The van der Waals surface area contributed by atoms with E-state index >= 15 is 0 Å². The maximum atomic E-state index is 5.86. The van der Waals surface area contributed by atoms with E-state index in [4.69, 9.17) is 9.26 Å². The predicted octanol–water partition coefficient (Wildman–Crippen LogP) is 1.82. The van der Waals surface area contributed by atoms with Crippen LogP contribution < -0.4 is 10.6 Å². The molecule has 0 radical (unpaired) electrons. The van der Waals surface area contributed by atoms with Gasteiger partial charge in [0, 0.05) is 39.3 Å². The summed E-state index contributed by atoms with van der Waals surface area (Å²) in [6, 6.07) is 1.99. The molecule has 2 rings (SSSR count). The number of rotatable bonds is 7. The maximum absolute atomic E-state index is 5.86. The minimum atomic E-state index is 0.184. The van der Waals surface area contributed by atoms with E-state index in [-0.39, 0.29) is 6.10 Å². The highest BCUT2D eigenvalue weighted by Crippen LogP contribution is 2.13. The van der Waals surface area contributed by atoms with Crippen LogP contribution in [0.4, 0.5) is 0 Å². The molecule has 0 amide bonds. The number of aromatic nitrogens is 1. The molecule has 1 unspecified atom stereocenters. The Hall–Kier alpha value is -1.60. The normalized spacial score (nSPS) is 19.6. The maximum Gasteiger partial charge on any atom is 0.191 e. The van der Waals surface area contributed by atoms with Crippen LogP contribution >= 0.6 is 0 Å². The van der Waals surface area contributed by atoms with Crippen molar-refractivity contribution in [2.24, 2.45) is 10.9 Å². The van der Waals surface area contributed by atoms with Crippen molar-refractivity contribution >= 4 is 5.96 Å². The molecule has 1 fully saturated rings. The Morgan fingerprint density at radius 2 is 2.16 bits per heavy atom. The molecule has 0 aliphatic carbocycles. The lowest BCUT2D eigenvalue weighted by Gasteiger charge is -2.34. The van der Waals surface area contributed by atoms with E-state index in [1.54, 1.807) is 7.05 Å². The highest BCUT2D eigenvalue weighted by molar-refractivity contribution is 5.79. The Morgan fingerprint density at radius 3 is 2.80 bits per heavy atom. The van der Waals surface area contributed by atoms with Gasteiger partial charge in [0.1, 0.15) is 0 Å². The van der Waals surface area contributed by atoms with Crippen molar-refractivity contribution in [3.05, 3.63) is 17.5 Å². The lowest BCUT2D eigenvalue weighted by atomic mass is 10.1. The van der Waals surface area contributed by atoms with Crippen LogP contribution in [0, 0.1) is 5.92 Å². The third kappa shape index (κ3) is 6.66. The molecule has 0 bridgehead atoms. The average molecular weight is 351 g/mol. The van der Waals surface area contributed by atoms with E-state index in [2.05, 4.69) is 53.4 Å². The minimum absolute atomic E-state index is 0.184. The fourth-order valence-electron chi connectivity index (χ4n) is 2.87. The van der Waals surface area contributed by atoms with Crippen LogP contribution in [0.1, 0.15) is 45.1 Å². The molecule has 25 heavy (non-hydrogen) atoms. The van der Waals surface area contributed by atoms with E-state index < -0.39 is 0 Å². The summed E-state index contributed by atoms with van der Waals surface area (Å²) in [5.74, 6) is 2.60. The number of aliphatic imine (C=N–C) groups is 1. The number of hydrogen-bond donors (Lipinski definition) is 2. The summed E-state index contributed by atoms with van der Waals surface area (Å²) < 4.78 is 11.2. The van der Waals surface area contributed by atoms with Crippen LogP contribution in [0.2, 0.25) is 0 Å². The summed E-state index contributed by atoms with van der Waals surface area (Å²) in [5, 5.41) is 10.7. The largest absolute Gasteiger partial charge is 0.374 e. The average Bonchev–Trinajstić information content (AvgIpc) is 3.04. The highest BCUT2D eigenvalue weighted by Gasteiger charge is 2.21. The molecule has 0 aromatic carbocycles. The first-order valence-electron chi connectivity index (χ1n) is 9.22. The molecular weight excluding hydrogens is 318 g/mol. The van der Waals surface area contributed by atoms with Crippen molar-refractivity contribution < 1.29 is 9.26 Å². The third-order valence-electron chi connectivity index (χ3n) is 4.17. The van der Waals surface area contributed by atoms with Gasteiger partial charge in [0.05, 0.1) is 24.9 Å². The Labute approximate surface area is 151 Å². The van der Waals surface area contributed by atoms with Gasteiger partial charge in [0.25, 0.3) is 0 Å². The van der Waals surface area contributed by atoms with Crippen LogP contribution in [0.15, 0.2) is 15.6 Å². The van der Waals surface area contributed by atoms with Crippen LogP contribution in [-0.4, -0.2) is 62.0 Å². The minimum Gasteiger partial charge on any atom is -0.374 e. The molecule has 1 aromatic rings. The van der Waals surface area contributed by atoms with Gasteiger partial charge in [-0.3, -0.25) is 9.89 Å². The molecule has 1 atom stereocenters. The summed E-state index contributed by atoms with van der Waals surface area (Å²) in [6.07, 6.45) is 0.184. The fraction of sp³-hybridized carbons (Fsp3) is 0.778. The van der Waals surface area contributed by atoms with Gasteiger partial charge in [-0.25, -0.2) is 0 Å². The monoisotopic (exact) mass is 351 g/mol. The topological polar surface area (TPSA) is 74.9 Å². The molecule has 7 nitrogen and oxygen atoms in total. The molecule has 1 saturated heterocycles. The Morgan fingerprint density at radius 1 is 1.36 bits per heavy atom. The number of nitrogens with one attached hydrogen (secondary N) is 2. The Kier molecular flexibility index (Phi) is 7.71. The van der Waals surface area contributed by atoms with Crippen molar-refractivity contribution in [1.29, 1.82) is 0 Å². The first-order chi connectivity index (χ1) is 12.0. The van der Waals surface area contributed by atoms with Crippen molar-refractivity contribution in [2.75, 3.05) is 39.8 Å². The standard InChI is InChI=1S/C18H33N5O2/c1-13(2)11-23-6-7-24-16(12-23)10-21-18(19-5)20-9-15-8-17(14(3)4)22-25-15/h8,13-14,16H,6-7,9-12H2,1-5H3,(H2,19,20,21). The van der Waals surface area contributed by atoms with Gasteiger partial charge in [0.2, 0.25) is 0 Å². The molecule has 7 heteroatoms. The van der Waals surface area contributed by atoms with E-state index in [0.29, 0.717) is 18.4 Å². The summed E-state index contributed by atoms with van der Waals surface area (Å²) >= 11 is 0. The first kappa shape index (κ1) is 19.7. The van der Waals surface area contributed by atoms with Crippen molar-refractivity contribution in [2.45, 2.75) is 46.3 Å². The summed E-state index contributed by atoms with van der Waals surface area (Å²) in [4.78, 5) is 6.73. The zero-order valence-corrected chi connectivity index (χ0v) is 16.2. The fourth-order valence-corrected chi connectivity index (χ4v) is 2.87. The molecule has 2 heterocycles. The van der Waals surface area contributed by atoms with E-state index in [9.17, 15) is 0 Å². The first-order valence-corrected chi connectivity index (χ1v) is 9.22. The quantitative estimate of drug-likeness (QED) is 0.577. The van der Waals surface area contributed by atoms with Crippen molar-refractivity contribution in [3.63, 3.8) is 0 Å². The van der Waals surface area contributed by atoms with Gasteiger partial charge in [0.15, 0.2) is 11.7 Å². The number of morpholine rings is 1. The Balaban J connectivity index is 1.74. The van der Waals surface area contributed by atoms with Crippen LogP contribution in [0.25, 0.3) is 0 Å². The second-order valence-corrected chi connectivity index (χ2v) is 7.33. The summed E-state index contributed by atoms with van der Waals surface area (Å²) in [5.41, 5.74) is 0.973. The van der Waals surface area contributed by atoms with Gasteiger partial charge < -0.3 is 19.9 Å². The van der Waals surface area contributed by atoms with Crippen molar-refractivity contribution in [1.82, 2.24) is 20.7 Å². The van der Waals surface area contributed by atoms with E-state index in [0.717, 1.165) is 50.2 Å². The van der Waals surface area contributed by atoms with Crippen LogP contribution in [-0.2, 0) is 11.3 Å². The predicted molar refractivity (Wildman–Crippen MR) is 99.8 cm³/mol. The third-order valence-corrected chi connectivity index (χ3v) is 4.17. The van der Waals surface area contributed by atoms with Gasteiger partial charge in [-0.15, -0.1) is 0 Å². The number of hydrogen-bond acceptors (Lipinski definition) is 5. The van der Waals surface area contributed by atoms with Gasteiger partial charge >= 0.3 is 0 Å². The van der Waals surface area contributed by atoms with Crippen LogP contribution in [0.5, 0.6) is 0 Å². The summed E-state index contributed by atoms with van der Waals surface area (Å²) in [7, 11) is 1.77.